The molecule has 0 spiro atoms. The van der Waals surface area contributed by atoms with Gasteiger partial charge in [-0.25, -0.2) is 0 Å². The molecule has 0 aliphatic carbocycles. The van der Waals surface area contributed by atoms with Crippen LogP contribution in [-0.4, -0.2) is 36.1 Å². The lowest BCUT2D eigenvalue weighted by Crippen LogP contribution is -2.33. The van der Waals surface area contributed by atoms with Crippen LogP contribution in [0, 0.1) is 0 Å². The first-order valence-electron chi connectivity index (χ1n) is 10.4. The van der Waals surface area contributed by atoms with Crippen molar-refractivity contribution < 1.29 is 4.74 Å². The number of para-hydroxylation sites is 1. The summed E-state index contributed by atoms with van der Waals surface area (Å²) in [5.41, 5.74) is 3.99. The van der Waals surface area contributed by atoms with Gasteiger partial charge in [-0.2, -0.15) is 0 Å². The van der Waals surface area contributed by atoms with Crippen molar-refractivity contribution in [3.05, 3.63) is 65.9 Å². The summed E-state index contributed by atoms with van der Waals surface area (Å²) in [7, 11) is 0. The predicted octanol–water partition coefficient (Wildman–Crippen LogP) is 5.21. The lowest BCUT2D eigenvalue weighted by molar-refractivity contribution is 0.182. The fourth-order valence-electron chi connectivity index (χ4n) is 4.16. The number of hydrogen-bond donors (Lipinski definition) is 1. The smallest absolute Gasteiger partial charge is 0.122 e. The Labute approximate surface area is 162 Å². The summed E-state index contributed by atoms with van der Waals surface area (Å²) in [5, 5.41) is 1.35. The highest BCUT2D eigenvalue weighted by Crippen LogP contribution is 2.23. The van der Waals surface area contributed by atoms with Crippen LogP contribution in [0.3, 0.4) is 0 Å². The monoisotopic (exact) mass is 362 g/mol. The van der Waals surface area contributed by atoms with E-state index in [0.29, 0.717) is 0 Å². The number of hydrogen-bond acceptors (Lipinski definition) is 2. The molecule has 0 radical (unpaired) electrons. The van der Waals surface area contributed by atoms with E-state index in [1.54, 1.807) is 0 Å². The summed E-state index contributed by atoms with van der Waals surface area (Å²) in [6.07, 6.45) is 9.38. The van der Waals surface area contributed by atoms with Gasteiger partial charge in [-0.15, -0.1) is 0 Å². The zero-order valence-electron chi connectivity index (χ0n) is 16.1. The number of aromatic amines is 1. The summed E-state index contributed by atoms with van der Waals surface area (Å²) in [5.74, 6) is 1.06. The molecule has 0 atom stereocenters. The molecule has 2 heterocycles. The lowest BCUT2D eigenvalue weighted by Gasteiger charge is -2.26. The van der Waals surface area contributed by atoms with Gasteiger partial charge in [-0.3, -0.25) is 4.90 Å². The topological polar surface area (TPSA) is 28.3 Å². The second-order valence-electron chi connectivity index (χ2n) is 7.57. The van der Waals surface area contributed by atoms with E-state index in [0.717, 1.165) is 38.2 Å². The van der Waals surface area contributed by atoms with E-state index in [4.69, 9.17) is 4.74 Å². The largest absolute Gasteiger partial charge is 0.492 e. The number of aryl methyl sites for hydroxylation is 2. The van der Waals surface area contributed by atoms with Crippen molar-refractivity contribution in [3.8, 4) is 5.75 Å². The van der Waals surface area contributed by atoms with Crippen molar-refractivity contribution in [1.29, 1.82) is 0 Å². The van der Waals surface area contributed by atoms with E-state index in [1.165, 1.54) is 54.4 Å². The first kappa shape index (κ1) is 18.1. The predicted molar refractivity (Wildman–Crippen MR) is 113 cm³/mol. The number of H-pyrrole nitrogens is 1. The van der Waals surface area contributed by atoms with Gasteiger partial charge in [-0.05, 0) is 74.5 Å². The third-order valence-electron chi connectivity index (χ3n) is 5.66. The van der Waals surface area contributed by atoms with Gasteiger partial charge in [0.1, 0.15) is 12.4 Å². The minimum Gasteiger partial charge on any atom is -0.492 e. The van der Waals surface area contributed by atoms with Crippen LogP contribution in [0.25, 0.3) is 10.9 Å². The SMILES string of the molecule is c1ccc(OCCN2CCCCC2)c(CCCc2cccc3[nH]ccc23)c1. The number of likely N-dealkylation sites (tertiary alicyclic amines) is 1. The van der Waals surface area contributed by atoms with Crippen LogP contribution in [0.5, 0.6) is 5.75 Å². The molecular formula is C24H30N2O. The zero-order valence-corrected chi connectivity index (χ0v) is 16.1. The molecule has 4 rings (SSSR count). The van der Waals surface area contributed by atoms with E-state index in [-0.39, 0.29) is 0 Å². The maximum atomic E-state index is 6.15. The molecular weight excluding hydrogens is 332 g/mol. The molecule has 1 aliphatic heterocycles. The van der Waals surface area contributed by atoms with Crippen molar-refractivity contribution in [2.75, 3.05) is 26.2 Å². The normalized spacial score (nSPS) is 15.3. The fraction of sp³-hybridized carbons (Fsp3) is 0.417. The minimum absolute atomic E-state index is 0.791. The van der Waals surface area contributed by atoms with Gasteiger partial charge in [0.15, 0.2) is 0 Å². The molecule has 1 N–H and O–H groups in total. The molecule has 1 fully saturated rings. The molecule has 3 heteroatoms. The van der Waals surface area contributed by atoms with Crippen molar-refractivity contribution in [3.63, 3.8) is 0 Å². The molecule has 1 aromatic heterocycles. The number of aromatic nitrogens is 1. The van der Waals surface area contributed by atoms with Crippen LogP contribution in [0.4, 0.5) is 0 Å². The number of nitrogens with one attached hydrogen (secondary N) is 1. The van der Waals surface area contributed by atoms with Crippen LogP contribution in [0.2, 0.25) is 0 Å². The Balaban J connectivity index is 1.30. The van der Waals surface area contributed by atoms with Gasteiger partial charge in [0.25, 0.3) is 0 Å². The van der Waals surface area contributed by atoms with Crippen LogP contribution in [0.1, 0.15) is 36.8 Å². The van der Waals surface area contributed by atoms with Crippen LogP contribution < -0.4 is 4.74 Å². The first-order chi connectivity index (χ1) is 13.4. The summed E-state index contributed by atoms with van der Waals surface area (Å²) in [6, 6.07) is 17.3. The summed E-state index contributed by atoms with van der Waals surface area (Å²) >= 11 is 0. The summed E-state index contributed by atoms with van der Waals surface area (Å²) in [4.78, 5) is 5.83. The molecule has 0 bridgehead atoms. The van der Waals surface area contributed by atoms with Crippen molar-refractivity contribution in [1.82, 2.24) is 9.88 Å². The maximum absolute atomic E-state index is 6.15. The quantitative estimate of drug-likeness (QED) is 0.596. The van der Waals surface area contributed by atoms with Crippen molar-refractivity contribution >= 4 is 10.9 Å². The molecule has 2 aromatic carbocycles. The second-order valence-corrected chi connectivity index (χ2v) is 7.57. The third kappa shape index (κ3) is 4.72. The van der Waals surface area contributed by atoms with E-state index < -0.39 is 0 Å². The van der Waals surface area contributed by atoms with Gasteiger partial charge < -0.3 is 9.72 Å². The zero-order chi connectivity index (χ0) is 18.3. The molecule has 1 saturated heterocycles. The van der Waals surface area contributed by atoms with Gasteiger partial charge >= 0.3 is 0 Å². The molecule has 142 valence electrons. The Morgan fingerprint density at radius 1 is 0.852 bits per heavy atom. The number of ether oxygens (including phenoxy) is 1. The Kier molecular flexibility index (Phi) is 6.10. The van der Waals surface area contributed by atoms with Crippen molar-refractivity contribution in [2.24, 2.45) is 0 Å². The number of nitrogens with zero attached hydrogens (tertiary/aromatic N) is 1. The van der Waals surface area contributed by atoms with Crippen LogP contribution in [-0.2, 0) is 12.8 Å². The van der Waals surface area contributed by atoms with Gasteiger partial charge in [-0.1, -0.05) is 36.8 Å². The highest BCUT2D eigenvalue weighted by atomic mass is 16.5. The standard InChI is InChI=1S/C24H30N2O/c1-4-16-26(17-5-1)18-19-27-24-13-3-2-8-21(24)11-6-9-20-10-7-12-23-22(20)14-15-25-23/h2-3,7-8,10,12-15,25H,1,4-6,9,11,16-19H2. The number of piperidine rings is 1. The lowest BCUT2D eigenvalue weighted by atomic mass is 10.0. The van der Waals surface area contributed by atoms with Crippen LogP contribution >= 0.6 is 0 Å². The van der Waals surface area contributed by atoms with Gasteiger partial charge in [0.2, 0.25) is 0 Å². The molecule has 3 nitrogen and oxygen atoms in total. The highest BCUT2D eigenvalue weighted by Gasteiger charge is 2.10. The molecule has 0 saturated carbocycles. The first-order valence-corrected chi connectivity index (χ1v) is 10.4. The molecule has 3 aromatic rings. The van der Waals surface area contributed by atoms with Crippen molar-refractivity contribution in [2.45, 2.75) is 38.5 Å². The number of benzene rings is 2. The van der Waals surface area contributed by atoms with E-state index >= 15 is 0 Å². The molecule has 0 amide bonds. The Morgan fingerprint density at radius 3 is 2.59 bits per heavy atom. The summed E-state index contributed by atoms with van der Waals surface area (Å²) < 4.78 is 6.15. The average Bonchev–Trinajstić information content (AvgIpc) is 3.20. The number of fused-ring (bicyclic) bond motifs is 1. The molecule has 0 unspecified atom stereocenters. The Morgan fingerprint density at radius 2 is 1.67 bits per heavy atom. The average molecular weight is 363 g/mol. The van der Waals surface area contributed by atoms with E-state index in [9.17, 15) is 0 Å². The Bertz CT molecular complexity index is 848. The summed E-state index contributed by atoms with van der Waals surface area (Å²) in [6.45, 7) is 4.30. The van der Waals surface area contributed by atoms with E-state index in [1.807, 2.05) is 6.20 Å². The van der Waals surface area contributed by atoms with E-state index in [2.05, 4.69) is 58.4 Å². The second kappa shape index (κ2) is 9.09. The minimum atomic E-state index is 0.791. The highest BCUT2D eigenvalue weighted by molar-refractivity contribution is 5.82. The van der Waals surface area contributed by atoms with Gasteiger partial charge in [0, 0.05) is 23.6 Å². The van der Waals surface area contributed by atoms with Crippen LogP contribution in [0.15, 0.2) is 54.7 Å². The number of rotatable bonds is 8. The third-order valence-corrected chi connectivity index (χ3v) is 5.66. The van der Waals surface area contributed by atoms with Gasteiger partial charge in [0.05, 0.1) is 0 Å². The molecule has 1 aliphatic rings. The molecule has 27 heavy (non-hydrogen) atoms. The fourth-order valence-corrected chi connectivity index (χ4v) is 4.16. The maximum Gasteiger partial charge on any atom is 0.122 e. The Hall–Kier alpha value is -2.26.